The van der Waals surface area contributed by atoms with Crippen LogP contribution in [0.4, 0.5) is 0 Å². The Morgan fingerprint density at radius 1 is 1.08 bits per heavy atom. The Hall–Kier alpha value is -2.07. The van der Waals surface area contributed by atoms with Crippen LogP contribution in [0.15, 0.2) is 40.8 Å². The Morgan fingerprint density at radius 3 is 2.73 bits per heavy atom. The van der Waals surface area contributed by atoms with Crippen LogP contribution >= 0.6 is 0 Å². The van der Waals surface area contributed by atoms with Gasteiger partial charge in [-0.3, -0.25) is 9.69 Å². The van der Waals surface area contributed by atoms with Gasteiger partial charge < -0.3 is 9.32 Å². The van der Waals surface area contributed by atoms with Crippen molar-refractivity contribution in [2.75, 3.05) is 19.6 Å². The average Bonchev–Trinajstić information content (AvgIpc) is 3.20. The molecule has 4 nitrogen and oxygen atoms in total. The predicted octanol–water partition coefficient (Wildman–Crippen LogP) is 3.91. The zero-order valence-corrected chi connectivity index (χ0v) is 15.8. The molecule has 4 rings (SSSR count). The Balaban J connectivity index is 1.44. The van der Waals surface area contributed by atoms with E-state index < -0.39 is 0 Å². The van der Waals surface area contributed by atoms with Crippen molar-refractivity contribution in [1.82, 2.24) is 9.80 Å². The van der Waals surface area contributed by atoms with E-state index in [0.717, 1.165) is 63.5 Å². The molecule has 3 heterocycles. The number of rotatable bonds is 4. The van der Waals surface area contributed by atoms with E-state index in [9.17, 15) is 4.79 Å². The number of aryl methyl sites for hydroxylation is 2. The van der Waals surface area contributed by atoms with E-state index in [-0.39, 0.29) is 5.41 Å². The molecule has 2 saturated heterocycles. The second kappa shape index (κ2) is 6.92. The molecule has 1 aromatic heterocycles. The normalized spacial score (nSPS) is 23.9. The number of piperidine rings is 1. The molecule has 2 aliphatic rings. The molecule has 2 aliphatic heterocycles. The summed E-state index contributed by atoms with van der Waals surface area (Å²) < 4.78 is 5.72. The molecule has 1 atom stereocenters. The topological polar surface area (TPSA) is 36.7 Å². The smallest absolute Gasteiger partial charge is 0.230 e. The van der Waals surface area contributed by atoms with Crippen LogP contribution in [0.5, 0.6) is 0 Å². The third kappa shape index (κ3) is 3.43. The lowest BCUT2D eigenvalue weighted by Crippen LogP contribution is -2.49. The molecular weight excluding hydrogens is 324 g/mol. The lowest BCUT2D eigenvalue weighted by atomic mass is 9.78. The molecule has 4 heteroatoms. The van der Waals surface area contributed by atoms with Crippen LogP contribution in [0.1, 0.15) is 41.9 Å². The molecule has 1 aromatic carbocycles. The first-order valence-corrected chi connectivity index (χ1v) is 9.67. The van der Waals surface area contributed by atoms with Crippen molar-refractivity contribution in [2.24, 2.45) is 5.41 Å². The molecule has 2 fully saturated rings. The molecule has 1 amide bonds. The highest BCUT2D eigenvalue weighted by molar-refractivity contribution is 5.84. The summed E-state index contributed by atoms with van der Waals surface area (Å²) >= 11 is 0. The minimum atomic E-state index is -0.191. The van der Waals surface area contributed by atoms with Crippen LogP contribution in [0, 0.1) is 19.3 Å². The summed E-state index contributed by atoms with van der Waals surface area (Å²) in [5.74, 6) is 2.30. The van der Waals surface area contributed by atoms with E-state index in [1.165, 1.54) is 11.1 Å². The zero-order valence-electron chi connectivity index (χ0n) is 15.8. The minimum Gasteiger partial charge on any atom is -0.465 e. The van der Waals surface area contributed by atoms with Gasteiger partial charge in [0.2, 0.25) is 5.91 Å². The van der Waals surface area contributed by atoms with Gasteiger partial charge in [-0.05, 0) is 57.4 Å². The van der Waals surface area contributed by atoms with E-state index in [1.807, 2.05) is 19.1 Å². The molecule has 1 spiro atoms. The SMILES string of the molecule is Cc1cccc(CN2CCCC3(CCN(Cc4ccc(C)o4)C3)C2=O)c1. The van der Waals surface area contributed by atoms with Crippen LogP contribution in [-0.4, -0.2) is 35.3 Å². The van der Waals surface area contributed by atoms with Gasteiger partial charge in [0.1, 0.15) is 11.5 Å². The van der Waals surface area contributed by atoms with Gasteiger partial charge >= 0.3 is 0 Å². The highest BCUT2D eigenvalue weighted by Gasteiger charge is 2.48. The van der Waals surface area contributed by atoms with Crippen LogP contribution in [0.25, 0.3) is 0 Å². The fourth-order valence-corrected chi connectivity index (χ4v) is 4.60. The molecule has 0 bridgehead atoms. The Labute approximate surface area is 155 Å². The number of furan rings is 1. The highest BCUT2D eigenvalue weighted by Crippen LogP contribution is 2.41. The van der Waals surface area contributed by atoms with Crippen LogP contribution in [0.3, 0.4) is 0 Å². The average molecular weight is 352 g/mol. The van der Waals surface area contributed by atoms with Crippen molar-refractivity contribution in [3.8, 4) is 0 Å². The summed E-state index contributed by atoms with van der Waals surface area (Å²) in [6.45, 7) is 8.34. The number of benzene rings is 1. The maximum absolute atomic E-state index is 13.3. The molecule has 0 aliphatic carbocycles. The molecule has 26 heavy (non-hydrogen) atoms. The van der Waals surface area contributed by atoms with Crippen molar-refractivity contribution in [3.63, 3.8) is 0 Å². The highest BCUT2D eigenvalue weighted by atomic mass is 16.3. The first-order chi connectivity index (χ1) is 12.5. The molecule has 0 N–H and O–H groups in total. The number of carbonyl (C=O) groups is 1. The second-order valence-electron chi connectivity index (χ2n) is 8.07. The van der Waals surface area contributed by atoms with E-state index in [4.69, 9.17) is 4.42 Å². The molecule has 138 valence electrons. The van der Waals surface area contributed by atoms with Gasteiger partial charge in [-0.15, -0.1) is 0 Å². The van der Waals surface area contributed by atoms with Crippen molar-refractivity contribution >= 4 is 5.91 Å². The lowest BCUT2D eigenvalue weighted by molar-refractivity contribution is -0.146. The Morgan fingerprint density at radius 2 is 1.96 bits per heavy atom. The molecule has 0 saturated carbocycles. The van der Waals surface area contributed by atoms with Gasteiger partial charge in [0, 0.05) is 19.6 Å². The fraction of sp³-hybridized carbons (Fsp3) is 0.500. The minimum absolute atomic E-state index is 0.191. The quantitative estimate of drug-likeness (QED) is 0.837. The third-order valence-electron chi connectivity index (χ3n) is 5.89. The van der Waals surface area contributed by atoms with Gasteiger partial charge in [0.15, 0.2) is 0 Å². The van der Waals surface area contributed by atoms with Crippen molar-refractivity contribution in [3.05, 3.63) is 59.0 Å². The van der Waals surface area contributed by atoms with E-state index in [2.05, 4.69) is 41.0 Å². The Bertz CT molecular complexity index is 797. The lowest BCUT2D eigenvalue weighted by Gasteiger charge is -2.39. The summed E-state index contributed by atoms with van der Waals surface area (Å²) in [5, 5.41) is 0. The summed E-state index contributed by atoms with van der Waals surface area (Å²) in [6, 6.07) is 12.6. The predicted molar refractivity (Wildman–Crippen MR) is 102 cm³/mol. The maximum atomic E-state index is 13.3. The summed E-state index contributed by atoms with van der Waals surface area (Å²) in [6.07, 6.45) is 3.09. The molecular formula is C22H28N2O2. The van der Waals surface area contributed by atoms with E-state index in [1.54, 1.807) is 0 Å². The van der Waals surface area contributed by atoms with Gasteiger partial charge in [-0.25, -0.2) is 0 Å². The monoisotopic (exact) mass is 352 g/mol. The molecule has 0 radical (unpaired) electrons. The van der Waals surface area contributed by atoms with Gasteiger partial charge in [-0.1, -0.05) is 29.8 Å². The first kappa shape index (κ1) is 17.3. The first-order valence-electron chi connectivity index (χ1n) is 9.67. The Kier molecular flexibility index (Phi) is 4.62. The van der Waals surface area contributed by atoms with E-state index in [0.29, 0.717) is 5.91 Å². The number of amides is 1. The van der Waals surface area contributed by atoms with Gasteiger partial charge in [0.05, 0.1) is 12.0 Å². The molecule has 2 aromatic rings. The molecule has 1 unspecified atom stereocenters. The van der Waals surface area contributed by atoms with Crippen molar-refractivity contribution in [1.29, 1.82) is 0 Å². The van der Waals surface area contributed by atoms with Gasteiger partial charge in [-0.2, -0.15) is 0 Å². The third-order valence-corrected chi connectivity index (χ3v) is 5.89. The van der Waals surface area contributed by atoms with Crippen molar-refractivity contribution in [2.45, 2.75) is 46.2 Å². The summed E-state index contributed by atoms with van der Waals surface area (Å²) in [5.41, 5.74) is 2.29. The number of likely N-dealkylation sites (tertiary alicyclic amines) is 2. The summed E-state index contributed by atoms with van der Waals surface area (Å²) in [7, 11) is 0. The number of hydrogen-bond donors (Lipinski definition) is 0. The maximum Gasteiger partial charge on any atom is 0.230 e. The standard InChI is InChI=1S/C22H28N2O2/c1-17-5-3-6-19(13-17)14-24-11-4-9-22(21(24)25)10-12-23(16-22)15-20-8-7-18(2)26-20/h3,5-8,13H,4,9-12,14-16H2,1-2H3. The summed E-state index contributed by atoms with van der Waals surface area (Å²) in [4.78, 5) is 17.8. The number of carbonyl (C=O) groups excluding carboxylic acids is 1. The number of nitrogens with zero attached hydrogens (tertiary/aromatic N) is 2. The van der Waals surface area contributed by atoms with Crippen molar-refractivity contribution < 1.29 is 9.21 Å². The zero-order chi connectivity index (χ0) is 18.1. The van der Waals surface area contributed by atoms with Crippen LogP contribution < -0.4 is 0 Å². The van der Waals surface area contributed by atoms with Crippen LogP contribution in [-0.2, 0) is 17.9 Å². The largest absolute Gasteiger partial charge is 0.465 e. The van der Waals surface area contributed by atoms with Gasteiger partial charge in [0.25, 0.3) is 0 Å². The fourth-order valence-electron chi connectivity index (χ4n) is 4.60. The van der Waals surface area contributed by atoms with Crippen LogP contribution in [0.2, 0.25) is 0 Å². The second-order valence-corrected chi connectivity index (χ2v) is 8.07. The van der Waals surface area contributed by atoms with E-state index >= 15 is 0 Å². The number of hydrogen-bond acceptors (Lipinski definition) is 3.